The lowest BCUT2D eigenvalue weighted by Gasteiger charge is -2.10. The van der Waals surface area contributed by atoms with Crippen molar-refractivity contribution in [1.82, 2.24) is 9.97 Å². The normalized spacial score (nSPS) is 10.4. The van der Waals surface area contributed by atoms with Crippen molar-refractivity contribution in [2.75, 3.05) is 5.32 Å². The molecule has 0 fully saturated rings. The van der Waals surface area contributed by atoms with Crippen molar-refractivity contribution >= 4 is 27.4 Å². The fourth-order valence-corrected chi connectivity index (χ4v) is 2.01. The van der Waals surface area contributed by atoms with E-state index in [0.29, 0.717) is 21.9 Å². The molecule has 1 N–H and O–H groups in total. The highest BCUT2D eigenvalue weighted by atomic mass is 79.9. The Morgan fingerprint density at radius 3 is 2.70 bits per heavy atom. The van der Waals surface area contributed by atoms with Crippen LogP contribution in [0.1, 0.15) is 31.2 Å². The van der Waals surface area contributed by atoms with Gasteiger partial charge in [-0.2, -0.15) is 5.26 Å². The Morgan fingerprint density at radius 2 is 2.05 bits per heavy atom. The highest BCUT2D eigenvalue weighted by Crippen LogP contribution is 2.23. The maximum atomic E-state index is 13.1. The highest BCUT2D eigenvalue weighted by molar-refractivity contribution is 9.10. The van der Waals surface area contributed by atoms with Crippen LogP contribution in [0.15, 0.2) is 28.9 Å². The zero-order chi connectivity index (χ0) is 14.7. The summed E-state index contributed by atoms with van der Waals surface area (Å²) in [5.41, 5.74) is 0.736. The molecule has 0 bridgehead atoms. The number of hydrogen-bond acceptors (Lipinski definition) is 4. The fraction of sp³-hybridized carbons (Fsp3) is 0.214. The van der Waals surface area contributed by atoms with Gasteiger partial charge in [-0.05, 0) is 34.1 Å². The Hall–Kier alpha value is -2.00. The summed E-state index contributed by atoms with van der Waals surface area (Å²) in [6, 6.07) is 7.65. The number of aromatic nitrogens is 2. The third-order valence-corrected chi connectivity index (χ3v) is 3.00. The Labute approximate surface area is 124 Å². The van der Waals surface area contributed by atoms with Gasteiger partial charge < -0.3 is 5.32 Å². The number of anilines is 2. The zero-order valence-corrected chi connectivity index (χ0v) is 12.6. The minimum atomic E-state index is -0.446. The second kappa shape index (κ2) is 5.97. The average Bonchev–Trinajstić information content (AvgIpc) is 2.40. The molecule has 2 rings (SSSR count). The van der Waals surface area contributed by atoms with Crippen LogP contribution in [0.2, 0.25) is 0 Å². The van der Waals surface area contributed by atoms with Crippen LogP contribution in [0.25, 0.3) is 0 Å². The first-order valence-corrected chi connectivity index (χ1v) is 6.80. The monoisotopic (exact) mass is 334 g/mol. The van der Waals surface area contributed by atoms with Gasteiger partial charge >= 0.3 is 0 Å². The fourth-order valence-electron chi connectivity index (χ4n) is 1.61. The molecule has 0 amide bonds. The largest absolute Gasteiger partial charge is 0.339 e. The van der Waals surface area contributed by atoms with Gasteiger partial charge in [-0.25, -0.2) is 14.4 Å². The number of halogens is 2. The van der Waals surface area contributed by atoms with E-state index in [1.54, 1.807) is 6.07 Å². The van der Waals surface area contributed by atoms with Crippen LogP contribution in [0, 0.1) is 17.1 Å². The topological polar surface area (TPSA) is 61.6 Å². The SMILES string of the molecule is CC(C)c1nc(Br)cc(Nc2ccc(F)cc2C#N)n1. The van der Waals surface area contributed by atoms with Crippen molar-refractivity contribution in [1.29, 1.82) is 5.26 Å². The second-order valence-electron chi connectivity index (χ2n) is 4.52. The third kappa shape index (κ3) is 3.31. The van der Waals surface area contributed by atoms with Crippen molar-refractivity contribution in [3.63, 3.8) is 0 Å². The predicted molar refractivity (Wildman–Crippen MR) is 78.2 cm³/mol. The van der Waals surface area contributed by atoms with E-state index in [1.807, 2.05) is 19.9 Å². The molecule has 102 valence electrons. The lowest BCUT2D eigenvalue weighted by atomic mass is 10.2. The molecule has 20 heavy (non-hydrogen) atoms. The Bertz CT molecular complexity index is 679. The molecule has 0 aliphatic rings. The van der Waals surface area contributed by atoms with E-state index < -0.39 is 5.82 Å². The van der Waals surface area contributed by atoms with Gasteiger partial charge in [0.1, 0.15) is 28.1 Å². The van der Waals surface area contributed by atoms with Crippen LogP contribution in [0.5, 0.6) is 0 Å². The smallest absolute Gasteiger partial charge is 0.135 e. The first kappa shape index (κ1) is 14.4. The first-order chi connectivity index (χ1) is 9.49. The van der Waals surface area contributed by atoms with Crippen LogP contribution in [-0.2, 0) is 0 Å². The average molecular weight is 335 g/mol. The van der Waals surface area contributed by atoms with Crippen molar-refractivity contribution < 1.29 is 4.39 Å². The van der Waals surface area contributed by atoms with Crippen molar-refractivity contribution in [2.24, 2.45) is 0 Å². The van der Waals surface area contributed by atoms with Gasteiger partial charge in [0, 0.05) is 12.0 Å². The Balaban J connectivity index is 2.38. The molecule has 1 heterocycles. The molecule has 1 aromatic heterocycles. The minimum absolute atomic E-state index is 0.178. The standard InChI is InChI=1S/C14H12BrFN4/c1-8(2)14-19-12(15)6-13(20-14)18-11-4-3-10(16)5-9(11)7-17/h3-6,8H,1-2H3,(H,18,19,20). The number of nitriles is 1. The Morgan fingerprint density at radius 1 is 1.30 bits per heavy atom. The second-order valence-corrected chi connectivity index (χ2v) is 5.33. The molecule has 0 aliphatic heterocycles. The molecule has 0 saturated carbocycles. The summed E-state index contributed by atoms with van der Waals surface area (Å²) < 4.78 is 13.7. The molecule has 0 aliphatic carbocycles. The number of nitrogens with one attached hydrogen (secondary N) is 1. The van der Waals surface area contributed by atoms with Gasteiger partial charge in [0.15, 0.2) is 0 Å². The van der Waals surface area contributed by atoms with Crippen molar-refractivity contribution in [3.05, 3.63) is 46.1 Å². The molecule has 0 spiro atoms. The summed E-state index contributed by atoms with van der Waals surface area (Å²) in [7, 11) is 0. The van der Waals surface area contributed by atoms with Crippen molar-refractivity contribution in [2.45, 2.75) is 19.8 Å². The van der Waals surface area contributed by atoms with Crippen LogP contribution < -0.4 is 5.32 Å². The molecule has 2 aromatic rings. The van der Waals surface area contributed by atoms with E-state index >= 15 is 0 Å². The molecular formula is C14H12BrFN4. The van der Waals surface area contributed by atoms with Gasteiger partial charge in [0.25, 0.3) is 0 Å². The first-order valence-electron chi connectivity index (χ1n) is 6.00. The van der Waals surface area contributed by atoms with Crippen LogP contribution in [0.4, 0.5) is 15.9 Å². The van der Waals surface area contributed by atoms with Crippen LogP contribution >= 0.6 is 15.9 Å². The van der Waals surface area contributed by atoms with E-state index in [2.05, 4.69) is 31.2 Å². The maximum absolute atomic E-state index is 13.1. The zero-order valence-electron chi connectivity index (χ0n) is 11.0. The summed E-state index contributed by atoms with van der Waals surface area (Å²) in [5.74, 6) is 0.969. The maximum Gasteiger partial charge on any atom is 0.135 e. The van der Waals surface area contributed by atoms with E-state index in [-0.39, 0.29) is 11.5 Å². The summed E-state index contributed by atoms with van der Waals surface area (Å²) in [6.45, 7) is 3.98. The van der Waals surface area contributed by atoms with E-state index in [4.69, 9.17) is 5.26 Å². The molecular weight excluding hydrogens is 323 g/mol. The highest BCUT2D eigenvalue weighted by Gasteiger charge is 2.09. The molecule has 0 saturated heterocycles. The van der Waals surface area contributed by atoms with Crippen LogP contribution in [-0.4, -0.2) is 9.97 Å². The lowest BCUT2D eigenvalue weighted by molar-refractivity contribution is 0.627. The number of hydrogen-bond donors (Lipinski definition) is 1. The number of rotatable bonds is 3. The summed E-state index contributed by atoms with van der Waals surface area (Å²) in [4.78, 5) is 8.64. The summed E-state index contributed by atoms with van der Waals surface area (Å²) in [6.07, 6.45) is 0. The Kier molecular flexibility index (Phi) is 4.30. The molecule has 1 aromatic carbocycles. The molecule has 0 atom stereocenters. The number of benzene rings is 1. The summed E-state index contributed by atoms with van der Waals surface area (Å²) >= 11 is 3.33. The van der Waals surface area contributed by atoms with E-state index in [1.165, 1.54) is 18.2 Å². The van der Waals surface area contributed by atoms with Gasteiger partial charge in [-0.3, -0.25) is 0 Å². The van der Waals surface area contributed by atoms with E-state index in [9.17, 15) is 4.39 Å². The van der Waals surface area contributed by atoms with Gasteiger partial charge in [-0.1, -0.05) is 13.8 Å². The molecule has 0 unspecified atom stereocenters. The third-order valence-electron chi connectivity index (χ3n) is 2.59. The van der Waals surface area contributed by atoms with Crippen LogP contribution in [0.3, 0.4) is 0 Å². The van der Waals surface area contributed by atoms with Gasteiger partial charge in [0.2, 0.25) is 0 Å². The number of nitrogens with zero attached hydrogens (tertiary/aromatic N) is 3. The molecule has 0 radical (unpaired) electrons. The molecule has 6 heteroatoms. The van der Waals surface area contributed by atoms with Gasteiger partial charge in [-0.15, -0.1) is 0 Å². The minimum Gasteiger partial charge on any atom is -0.339 e. The lowest BCUT2D eigenvalue weighted by Crippen LogP contribution is -2.03. The quantitative estimate of drug-likeness (QED) is 0.857. The molecule has 4 nitrogen and oxygen atoms in total. The van der Waals surface area contributed by atoms with Gasteiger partial charge in [0.05, 0.1) is 11.3 Å². The van der Waals surface area contributed by atoms with Crippen molar-refractivity contribution in [3.8, 4) is 6.07 Å². The van der Waals surface area contributed by atoms with E-state index in [0.717, 1.165) is 0 Å². The predicted octanol–water partition coefficient (Wildman–Crippen LogP) is 4.12. The summed E-state index contributed by atoms with van der Waals surface area (Å²) in [5, 5.41) is 12.0.